The molecule has 0 aliphatic rings. The second-order valence-corrected chi connectivity index (χ2v) is 7.67. The van der Waals surface area contributed by atoms with Crippen LogP contribution in [0.25, 0.3) is 0 Å². The summed E-state index contributed by atoms with van der Waals surface area (Å²) >= 11 is 21.0. The second-order valence-electron chi connectivity index (χ2n) is 5.51. The topological polar surface area (TPSA) is 84.5 Å². The van der Waals surface area contributed by atoms with Crippen LogP contribution in [-0.2, 0) is 19.1 Å². The van der Waals surface area contributed by atoms with Gasteiger partial charge in [-0.05, 0) is 36.4 Å². The Bertz CT molecular complexity index is 908. The zero-order valence-electron chi connectivity index (χ0n) is 14.2. The lowest BCUT2D eigenvalue weighted by molar-refractivity contribution is -0.147. The Balaban J connectivity index is 1.74. The Kier molecular flexibility index (Phi) is 8.57. The van der Waals surface area contributed by atoms with Crippen molar-refractivity contribution in [1.29, 1.82) is 0 Å². The first kappa shape index (κ1) is 22.5. The van der Waals surface area contributed by atoms with Gasteiger partial charge in [0.25, 0.3) is 5.91 Å². The first-order valence-corrected chi connectivity index (χ1v) is 9.82. The molecule has 0 saturated carbocycles. The Hall–Kier alpha value is -1.80. The van der Waals surface area contributed by atoms with Gasteiger partial charge in [-0.2, -0.15) is 0 Å². The van der Waals surface area contributed by atoms with Gasteiger partial charge in [0.1, 0.15) is 0 Å². The molecule has 2 aromatic rings. The number of esters is 1. The molecule has 6 nitrogen and oxygen atoms in total. The van der Waals surface area contributed by atoms with Gasteiger partial charge in [0.05, 0.1) is 27.8 Å². The summed E-state index contributed by atoms with van der Waals surface area (Å²) in [6.45, 7) is -0.493. The molecule has 0 spiro atoms. The Morgan fingerprint density at radius 1 is 0.857 bits per heavy atom. The van der Waals surface area contributed by atoms with Crippen LogP contribution < -0.4 is 10.6 Å². The first-order valence-electron chi connectivity index (χ1n) is 7.90. The number of carbonyl (C=O) groups excluding carboxylic acids is 3. The van der Waals surface area contributed by atoms with Gasteiger partial charge in [0.15, 0.2) is 6.61 Å². The molecule has 0 unspecified atom stereocenters. The molecule has 0 atom stereocenters. The van der Waals surface area contributed by atoms with Crippen molar-refractivity contribution < 1.29 is 19.1 Å². The molecule has 28 heavy (non-hydrogen) atoms. The third kappa shape index (κ3) is 7.31. The van der Waals surface area contributed by atoms with Gasteiger partial charge in [0, 0.05) is 15.9 Å². The van der Waals surface area contributed by atoms with E-state index in [1.807, 2.05) is 0 Å². The van der Waals surface area contributed by atoms with Crippen molar-refractivity contribution in [2.75, 3.05) is 17.2 Å². The minimum absolute atomic E-state index is 0.137. The van der Waals surface area contributed by atoms with E-state index in [2.05, 4.69) is 26.6 Å². The van der Waals surface area contributed by atoms with E-state index in [0.717, 1.165) is 4.47 Å². The van der Waals surface area contributed by atoms with Gasteiger partial charge in [0.2, 0.25) is 5.91 Å². The molecule has 2 amide bonds. The van der Waals surface area contributed by atoms with Gasteiger partial charge in [-0.3, -0.25) is 14.4 Å². The van der Waals surface area contributed by atoms with Crippen LogP contribution in [0.15, 0.2) is 40.9 Å². The van der Waals surface area contributed by atoms with Crippen LogP contribution in [0.1, 0.15) is 12.8 Å². The molecular weight excluding hydrogens is 494 g/mol. The lowest BCUT2D eigenvalue weighted by Gasteiger charge is -2.09. The number of nitrogens with one attached hydrogen (secondary N) is 2. The molecule has 2 aromatic carbocycles. The molecule has 2 N–H and O–H groups in total. The zero-order chi connectivity index (χ0) is 20.7. The summed E-state index contributed by atoms with van der Waals surface area (Å²) in [5, 5.41) is 6.15. The van der Waals surface area contributed by atoms with Crippen LogP contribution in [0.2, 0.25) is 15.1 Å². The number of carbonyl (C=O) groups is 3. The first-order chi connectivity index (χ1) is 13.2. The largest absolute Gasteiger partial charge is 0.456 e. The molecule has 0 heterocycles. The summed E-state index contributed by atoms with van der Waals surface area (Å²) in [7, 11) is 0. The lowest BCUT2D eigenvalue weighted by Crippen LogP contribution is -2.22. The van der Waals surface area contributed by atoms with Gasteiger partial charge in [-0.25, -0.2) is 0 Å². The molecular formula is C18H14BrCl3N2O4. The SMILES string of the molecule is O=C(CCC(=O)OCC(=O)Nc1ccc(Br)cc1Cl)Nc1cc(Cl)ccc1Cl. The fourth-order valence-corrected chi connectivity index (χ4v) is 3.07. The van der Waals surface area contributed by atoms with Crippen molar-refractivity contribution in [1.82, 2.24) is 0 Å². The zero-order valence-corrected chi connectivity index (χ0v) is 18.1. The number of hydrogen-bond acceptors (Lipinski definition) is 4. The molecule has 0 fully saturated rings. The summed E-state index contributed by atoms with van der Waals surface area (Å²) in [5.74, 6) is -1.68. The van der Waals surface area contributed by atoms with Gasteiger partial charge in [-0.15, -0.1) is 0 Å². The van der Waals surface area contributed by atoms with Gasteiger partial charge in [-0.1, -0.05) is 50.7 Å². The van der Waals surface area contributed by atoms with Crippen LogP contribution in [-0.4, -0.2) is 24.4 Å². The lowest BCUT2D eigenvalue weighted by atomic mass is 10.2. The van der Waals surface area contributed by atoms with Crippen LogP contribution >= 0.6 is 50.7 Å². The third-order valence-electron chi connectivity index (χ3n) is 3.33. The Morgan fingerprint density at radius 3 is 2.29 bits per heavy atom. The molecule has 0 bridgehead atoms. The molecule has 148 valence electrons. The smallest absolute Gasteiger partial charge is 0.306 e. The minimum atomic E-state index is -0.690. The average molecular weight is 509 g/mol. The highest BCUT2D eigenvalue weighted by Gasteiger charge is 2.13. The summed E-state index contributed by atoms with van der Waals surface area (Å²) in [4.78, 5) is 35.5. The van der Waals surface area contributed by atoms with Crippen LogP contribution in [0.5, 0.6) is 0 Å². The van der Waals surface area contributed by atoms with Crippen molar-refractivity contribution in [3.8, 4) is 0 Å². The fourth-order valence-electron chi connectivity index (χ4n) is 2.02. The third-order valence-corrected chi connectivity index (χ3v) is 4.70. The fraction of sp³-hybridized carbons (Fsp3) is 0.167. The number of halogens is 4. The number of anilines is 2. The summed E-state index contributed by atoms with van der Waals surface area (Å²) in [6.07, 6.45) is -0.335. The maximum atomic E-state index is 11.9. The van der Waals surface area contributed by atoms with E-state index in [4.69, 9.17) is 39.5 Å². The Morgan fingerprint density at radius 2 is 1.57 bits per heavy atom. The van der Waals surface area contributed by atoms with E-state index in [0.29, 0.717) is 26.4 Å². The molecule has 0 saturated heterocycles. The summed E-state index contributed by atoms with van der Waals surface area (Å²) in [6, 6.07) is 9.56. The maximum Gasteiger partial charge on any atom is 0.306 e. The molecule has 10 heteroatoms. The van der Waals surface area contributed by atoms with E-state index < -0.39 is 24.4 Å². The van der Waals surface area contributed by atoms with Gasteiger partial charge >= 0.3 is 5.97 Å². The predicted molar refractivity (Wildman–Crippen MR) is 113 cm³/mol. The van der Waals surface area contributed by atoms with E-state index in [-0.39, 0.29) is 12.8 Å². The quantitative estimate of drug-likeness (QED) is 0.497. The van der Waals surface area contributed by atoms with Crippen molar-refractivity contribution >= 4 is 79.9 Å². The van der Waals surface area contributed by atoms with Crippen molar-refractivity contribution in [2.24, 2.45) is 0 Å². The average Bonchev–Trinajstić information content (AvgIpc) is 2.63. The second kappa shape index (κ2) is 10.7. The minimum Gasteiger partial charge on any atom is -0.456 e. The molecule has 2 rings (SSSR count). The number of hydrogen-bond donors (Lipinski definition) is 2. The molecule has 0 aliphatic carbocycles. The van der Waals surface area contributed by atoms with E-state index >= 15 is 0 Å². The maximum absolute atomic E-state index is 11.9. The van der Waals surface area contributed by atoms with Crippen LogP contribution in [0, 0.1) is 0 Å². The molecule has 0 radical (unpaired) electrons. The monoisotopic (exact) mass is 506 g/mol. The number of rotatable bonds is 7. The van der Waals surface area contributed by atoms with E-state index in [1.54, 1.807) is 30.3 Å². The highest BCUT2D eigenvalue weighted by Crippen LogP contribution is 2.26. The van der Waals surface area contributed by atoms with E-state index in [1.165, 1.54) is 6.07 Å². The molecule has 0 aliphatic heterocycles. The van der Waals surface area contributed by atoms with Gasteiger partial charge < -0.3 is 15.4 Å². The predicted octanol–water partition coefficient (Wildman–Crippen LogP) is 5.31. The molecule has 0 aromatic heterocycles. The normalized spacial score (nSPS) is 10.3. The van der Waals surface area contributed by atoms with Crippen molar-refractivity contribution in [2.45, 2.75) is 12.8 Å². The Labute approximate surface area is 184 Å². The van der Waals surface area contributed by atoms with Crippen molar-refractivity contribution in [3.63, 3.8) is 0 Å². The number of benzene rings is 2. The van der Waals surface area contributed by atoms with Crippen LogP contribution in [0.4, 0.5) is 11.4 Å². The standard InChI is InChI=1S/C18H14BrCl3N2O4/c19-10-1-4-14(13(22)7-10)23-17(26)9-28-18(27)6-5-16(25)24-15-8-11(20)2-3-12(15)21/h1-4,7-8H,5-6,9H2,(H,23,26)(H,24,25). The van der Waals surface area contributed by atoms with Crippen LogP contribution in [0.3, 0.4) is 0 Å². The summed E-state index contributed by atoms with van der Waals surface area (Å²) in [5.41, 5.74) is 0.738. The number of ether oxygens (including phenoxy) is 1. The van der Waals surface area contributed by atoms with E-state index in [9.17, 15) is 14.4 Å². The van der Waals surface area contributed by atoms with Crippen molar-refractivity contribution in [3.05, 3.63) is 55.9 Å². The highest BCUT2D eigenvalue weighted by molar-refractivity contribution is 9.10. The highest BCUT2D eigenvalue weighted by atomic mass is 79.9. The summed E-state index contributed by atoms with van der Waals surface area (Å²) < 4.78 is 5.62. The number of amides is 2.